The Morgan fingerprint density at radius 1 is 1.06 bits per heavy atom. The number of carbonyl (C=O) groups excluding carboxylic acids is 1. The van der Waals surface area contributed by atoms with E-state index in [0.29, 0.717) is 11.3 Å². The summed E-state index contributed by atoms with van der Waals surface area (Å²) in [7, 11) is 0. The molecule has 3 heteroatoms. The summed E-state index contributed by atoms with van der Waals surface area (Å²) in [4.78, 5) is 12.7. The van der Waals surface area contributed by atoms with Gasteiger partial charge < -0.3 is 4.74 Å². The highest BCUT2D eigenvalue weighted by atomic mass is 32.1. The van der Waals surface area contributed by atoms with Crippen molar-refractivity contribution in [2.45, 2.75) is 0 Å². The molecule has 0 aliphatic carbocycles. The summed E-state index contributed by atoms with van der Waals surface area (Å²) in [5.41, 5.74) is 1.58. The highest BCUT2D eigenvalue weighted by Gasteiger charge is 2.22. The molecule has 0 spiro atoms. The number of hydrogen-bond donors (Lipinski definition) is 0. The van der Waals surface area contributed by atoms with Crippen LogP contribution >= 0.6 is 11.3 Å². The lowest BCUT2D eigenvalue weighted by atomic mass is 10.1. The van der Waals surface area contributed by atoms with Crippen molar-refractivity contribution in [3.05, 3.63) is 69.9 Å². The van der Waals surface area contributed by atoms with Crippen molar-refractivity contribution in [1.29, 1.82) is 0 Å². The Hall–Kier alpha value is -2.13. The van der Waals surface area contributed by atoms with Gasteiger partial charge in [-0.25, -0.2) is 4.79 Å². The van der Waals surface area contributed by atoms with Crippen LogP contribution in [0.1, 0.15) is 10.4 Å². The van der Waals surface area contributed by atoms with E-state index in [0.717, 1.165) is 10.4 Å². The maximum atomic E-state index is 11.7. The number of benzene rings is 1. The van der Waals surface area contributed by atoms with Gasteiger partial charge in [0.25, 0.3) is 0 Å². The van der Waals surface area contributed by atoms with Crippen molar-refractivity contribution < 1.29 is 9.53 Å². The summed E-state index contributed by atoms with van der Waals surface area (Å²) in [6.07, 6.45) is 3.63. The topological polar surface area (TPSA) is 26.3 Å². The van der Waals surface area contributed by atoms with E-state index >= 15 is 0 Å². The zero-order valence-electron chi connectivity index (χ0n) is 9.50. The largest absolute Gasteiger partial charge is 0.421 e. The second-order valence-corrected chi connectivity index (χ2v) is 4.83. The summed E-state index contributed by atoms with van der Waals surface area (Å²) in [5, 5.41) is 1.96. The van der Waals surface area contributed by atoms with Crippen molar-refractivity contribution in [2.75, 3.05) is 0 Å². The second kappa shape index (κ2) is 4.63. The minimum Gasteiger partial charge on any atom is -0.421 e. The van der Waals surface area contributed by atoms with Gasteiger partial charge in [-0.3, -0.25) is 0 Å². The Morgan fingerprint density at radius 2 is 1.89 bits per heavy atom. The standard InChI is InChI=1S/C15H10O2S/c16-15-12(9-11-5-2-1-3-6-11)10-13(17-15)14-7-4-8-18-14/h1-10H/b12-9+. The average molecular weight is 254 g/mol. The van der Waals surface area contributed by atoms with Crippen LogP contribution in [0.4, 0.5) is 0 Å². The fourth-order valence-electron chi connectivity index (χ4n) is 1.76. The molecule has 88 valence electrons. The third-order valence-corrected chi connectivity index (χ3v) is 3.50. The van der Waals surface area contributed by atoms with Crippen molar-refractivity contribution >= 4 is 29.1 Å². The van der Waals surface area contributed by atoms with Gasteiger partial charge >= 0.3 is 5.97 Å². The molecular formula is C15H10O2S. The van der Waals surface area contributed by atoms with Gasteiger partial charge in [0, 0.05) is 0 Å². The molecule has 1 aromatic heterocycles. The van der Waals surface area contributed by atoms with Crippen molar-refractivity contribution in [3.63, 3.8) is 0 Å². The van der Waals surface area contributed by atoms with Crippen LogP contribution in [0, 0.1) is 0 Å². The molecule has 0 unspecified atom stereocenters. The number of rotatable bonds is 2. The van der Waals surface area contributed by atoms with Crippen LogP contribution in [0.5, 0.6) is 0 Å². The highest BCUT2D eigenvalue weighted by Crippen LogP contribution is 2.29. The number of cyclic esters (lactones) is 1. The monoisotopic (exact) mass is 254 g/mol. The van der Waals surface area contributed by atoms with Gasteiger partial charge in [-0.2, -0.15) is 0 Å². The van der Waals surface area contributed by atoms with E-state index in [2.05, 4.69) is 0 Å². The highest BCUT2D eigenvalue weighted by molar-refractivity contribution is 7.11. The van der Waals surface area contributed by atoms with Crippen LogP contribution in [0.15, 0.2) is 59.5 Å². The molecule has 0 amide bonds. The number of esters is 1. The SMILES string of the molecule is O=C1OC(c2cccs2)=C/C1=C\c1ccccc1. The lowest BCUT2D eigenvalue weighted by Crippen LogP contribution is -1.96. The van der Waals surface area contributed by atoms with Gasteiger partial charge in [-0.15, -0.1) is 11.3 Å². The quantitative estimate of drug-likeness (QED) is 0.603. The molecule has 1 aliphatic heterocycles. The average Bonchev–Trinajstić information content (AvgIpc) is 3.01. The molecule has 0 N–H and O–H groups in total. The van der Waals surface area contributed by atoms with Crippen molar-refractivity contribution in [2.24, 2.45) is 0 Å². The molecule has 0 atom stereocenters. The molecule has 0 saturated heterocycles. The van der Waals surface area contributed by atoms with Crippen LogP contribution in [-0.2, 0) is 9.53 Å². The molecule has 0 saturated carbocycles. The predicted molar refractivity (Wildman–Crippen MR) is 72.8 cm³/mol. The van der Waals surface area contributed by atoms with Crippen molar-refractivity contribution in [1.82, 2.24) is 0 Å². The zero-order chi connectivity index (χ0) is 12.4. The molecule has 2 nitrogen and oxygen atoms in total. The lowest BCUT2D eigenvalue weighted by molar-refractivity contribution is -0.130. The van der Waals surface area contributed by atoms with Crippen molar-refractivity contribution in [3.8, 4) is 0 Å². The summed E-state index contributed by atoms with van der Waals surface area (Å²) < 4.78 is 5.25. The molecule has 0 bridgehead atoms. The molecule has 0 radical (unpaired) electrons. The first-order valence-electron chi connectivity index (χ1n) is 5.57. The van der Waals surface area contributed by atoms with Gasteiger partial charge in [0.2, 0.25) is 0 Å². The van der Waals surface area contributed by atoms with Gasteiger partial charge in [0.05, 0.1) is 10.5 Å². The van der Waals surface area contributed by atoms with Gasteiger partial charge in [-0.05, 0) is 29.2 Å². The van der Waals surface area contributed by atoms with Gasteiger partial charge in [-0.1, -0.05) is 36.4 Å². The first-order valence-corrected chi connectivity index (χ1v) is 6.45. The van der Waals surface area contributed by atoms with E-state index < -0.39 is 0 Å². The summed E-state index contributed by atoms with van der Waals surface area (Å²) in [5.74, 6) is 0.347. The van der Waals surface area contributed by atoms with E-state index in [4.69, 9.17) is 4.74 Å². The maximum absolute atomic E-state index is 11.7. The van der Waals surface area contributed by atoms with Gasteiger partial charge in [0.15, 0.2) is 0 Å². The molecule has 0 fully saturated rings. The molecule has 1 aliphatic rings. The Bertz CT molecular complexity index is 622. The Labute approximate surface area is 109 Å². The normalized spacial score (nSPS) is 16.8. The Balaban J connectivity index is 1.94. The summed E-state index contributed by atoms with van der Waals surface area (Å²) in [6.45, 7) is 0. The molecule has 2 aromatic rings. The predicted octanol–water partition coefficient (Wildman–Crippen LogP) is 3.73. The molecule has 3 rings (SSSR count). The zero-order valence-corrected chi connectivity index (χ0v) is 10.3. The van der Waals surface area contributed by atoms with E-state index in [1.807, 2.05) is 53.9 Å². The maximum Gasteiger partial charge on any atom is 0.343 e. The summed E-state index contributed by atoms with van der Waals surface area (Å²) >= 11 is 1.56. The van der Waals surface area contributed by atoms with Crippen LogP contribution in [-0.4, -0.2) is 5.97 Å². The fourth-order valence-corrected chi connectivity index (χ4v) is 2.44. The minimum absolute atomic E-state index is 0.290. The summed E-state index contributed by atoms with van der Waals surface area (Å²) in [6, 6.07) is 13.6. The fraction of sp³-hybridized carbons (Fsp3) is 0. The van der Waals surface area contributed by atoms with E-state index in [9.17, 15) is 4.79 Å². The Morgan fingerprint density at radius 3 is 2.61 bits per heavy atom. The lowest BCUT2D eigenvalue weighted by Gasteiger charge is -1.96. The van der Waals surface area contributed by atoms with Gasteiger partial charge in [0.1, 0.15) is 5.76 Å². The minimum atomic E-state index is -0.290. The second-order valence-electron chi connectivity index (χ2n) is 3.89. The number of thiophene rings is 1. The first-order chi connectivity index (χ1) is 8.83. The first kappa shape index (κ1) is 11.0. The molecule has 18 heavy (non-hydrogen) atoms. The van der Waals surface area contributed by atoms with E-state index in [1.165, 1.54) is 0 Å². The Kier molecular flexibility index (Phi) is 2.82. The van der Waals surface area contributed by atoms with E-state index in [1.54, 1.807) is 17.4 Å². The van der Waals surface area contributed by atoms with E-state index in [-0.39, 0.29) is 5.97 Å². The third kappa shape index (κ3) is 2.13. The number of ether oxygens (including phenoxy) is 1. The molecule has 2 heterocycles. The van der Waals surface area contributed by atoms with Crippen LogP contribution in [0.25, 0.3) is 11.8 Å². The molecule has 1 aromatic carbocycles. The van der Waals surface area contributed by atoms with Crippen LogP contribution in [0.3, 0.4) is 0 Å². The molecular weight excluding hydrogens is 244 g/mol. The smallest absolute Gasteiger partial charge is 0.343 e. The van der Waals surface area contributed by atoms with Crippen LogP contribution in [0.2, 0.25) is 0 Å². The number of carbonyl (C=O) groups is 1. The van der Waals surface area contributed by atoms with Crippen LogP contribution < -0.4 is 0 Å². The third-order valence-electron chi connectivity index (χ3n) is 2.61. The number of hydrogen-bond acceptors (Lipinski definition) is 3.